The minimum absolute atomic E-state index is 0.0977. The number of rotatable bonds is 10. The van der Waals surface area contributed by atoms with Crippen LogP contribution in [0.3, 0.4) is 0 Å². The molecule has 1 N–H and O–H groups in total. The minimum atomic E-state index is -0.619. The molecule has 8 nitrogen and oxygen atoms in total. The lowest BCUT2D eigenvalue weighted by atomic mass is 10.2. The molecule has 0 spiro atoms. The second-order valence-electron chi connectivity index (χ2n) is 7.43. The van der Waals surface area contributed by atoms with Crippen LogP contribution in [0, 0.1) is 0 Å². The summed E-state index contributed by atoms with van der Waals surface area (Å²) in [5.74, 6) is -1.32. The number of hydrogen-bond acceptors (Lipinski definition) is 7. The van der Waals surface area contributed by atoms with Gasteiger partial charge in [-0.2, -0.15) is 0 Å². The van der Waals surface area contributed by atoms with Gasteiger partial charge in [-0.25, -0.2) is 4.79 Å². The van der Waals surface area contributed by atoms with Crippen LogP contribution in [0.5, 0.6) is 5.75 Å². The van der Waals surface area contributed by atoms with Gasteiger partial charge in [-0.05, 0) is 60.7 Å². The number of nitrogens with one attached hydrogen (secondary N) is 1. The first-order valence-corrected chi connectivity index (χ1v) is 12.8. The van der Waals surface area contributed by atoms with Crippen molar-refractivity contribution in [3.05, 3.63) is 74.6 Å². The Morgan fingerprint density at radius 3 is 2.72 bits per heavy atom. The van der Waals surface area contributed by atoms with Crippen LogP contribution in [-0.4, -0.2) is 47.7 Å². The number of nitrogens with zero attached hydrogens (tertiary/aromatic N) is 1. The molecule has 11 heteroatoms. The fraction of sp³-hybridized carbons (Fsp3) is 0.200. The lowest BCUT2D eigenvalue weighted by Gasteiger charge is -2.13. The van der Waals surface area contributed by atoms with E-state index in [1.807, 2.05) is 6.92 Å². The lowest BCUT2D eigenvalue weighted by molar-refractivity contribution is -0.127. The van der Waals surface area contributed by atoms with Crippen LogP contribution < -0.4 is 10.1 Å². The smallest absolute Gasteiger partial charge is 0.339 e. The number of hydrogen-bond donors (Lipinski definition) is 1. The van der Waals surface area contributed by atoms with Crippen LogP contribution >= 0.6 is 39.3 Å². The maximum atomic E-state index is 12.9. The zero-order valence-electron chi connectivity index (χ0n) is 19.2. The van der Waals surface area contributed by atoms with E-state index in [0.717, 1.165) is 21.1 Å². The summed E-state index contributed by atoms with van der Waals surface area (Å²) in [5, 5.41) is 2.17. The van der Waals surface area contributed by atoms with Gasteiger partial charge in [0.1, 0.15) is 18.9 Å². The molecule has 1 aliphatic heterocycles. The van der Waals surface area contributed by atoms with Gasteiger partial charge < -0.3 is 14.8 Å². The number of halogens is 2. The van der Waals surface area contributed by atoms with Crippen molar-refractivity contribution in [3.63, 3.8) is 0 Å². The third-order valence-electron chi connectivity index (χ3n) is 4.70. The van der Waals surface area contributed by atoms with Crippen molar-refractivity contribution in [2.45, 2.75) is 13.3 Å². The van der Waals surface area contributed by atoms with Gasteiger partial charge in [0.15, 0.2) is 0 Å². The summed E-state index contributed by atoms with van der Waals surface area (Å²) in [6.07, 6.45) is 3.78. The third-order valence-corrected chi connectivity index (χ3v) is 6.43. The monoisotopic (exact) mass is 592 g/mol. The summed E-state index contributed by atoms with van der Waals surface area (Å²) in [4.78, 5) is 51.2. The molecule has 0 radical (unpaired) electrons. The molecule has 2 aromatic rings. The Bertz CT molecular complexity index is 1250. The molecule has 3 amide bonds. The quantitative estimate of drug-likeness (QED) is 0.208. The van der Waals surface area contributed by atoms with Gasteiger partial charge in [-0.3, -0.25) is 19.3 Å². The molecular formula is C25H22BrClN2O6S. The summed E-state index contributed by atoms with van der Waals surface area (Å²) in [5.41, 5.74) is 0.957. The number of imide groups is 1. The number of thioether (sulfide) groups is 1. The second kappa shape index (κ2) is 12.8. The van der Waals surface area contributed by atoms with Crippen LogP contribution in [0.1, 0.15) is 29.3 Å². The number of amides is 3. The first-order chi connectivity index (χ1) is 17.2. The van der Waals surface area contributed by atoms with Crippen molar-refractivity contribution in [3.8, 4) is 5.75 Å². The van der Waals surface area contributed by atoms with Crippen molar-refractivity contribution in [1.29, 1.82) is 0 Å². The molecule has 3 rings (SSSR count). The van der Waals surface area contributed by atoms with Gasteiger partial charge in [-0.15, -0.1) is 0 Å². The zero-order valence-corrected chi connectivity index (χ0v) is 22.4. The van der Waals surface area contributed by atoms with Crippen molar-refractivity contribution < 1.29 is 28.7 Å². The highest BCUT2D eigenvalue weighted by Gasteiger charge is 2.36. The molecule has 0 aromatic heterocycles. The standard InChI is InChI=1S/C25H22BrClN2O6S/c1-3-9-34-20-8-5-16(26)11-15(20)12-21-23(31)29(25(33)36-21)14-22(30)28-17-6-7-19(27)18(13-17)24(32)35-10-4-2/h3,5-8,11-13H,1,4,9-10,14H2,2H3,(H,28,30)/b21-12+. The average molecular weight is 594 g/mol. The Morgan fingerprint density at radius 1 is 1.22 bits per heavy atom. The predicted octanol–water partition coefficient (Wildman–Crippen LogP) is 5.91. The van der Waals surface area contributed by atoms with Crippen molar-refractivity contribution in [2.24, 2.45) is 0 Å². The molecular weight excluding hydrogens is 572 g/mol. The zero-order chi connectivity index (χ0) is 26.2. The molecule has 1 saturated heterocycles. The molecule has 188 valence electrons. The highest BCUT2D eigenvalue weighted by atomic mass is 79.9. The van der Waals surface area contributed by atoms with Gasteiger partial charge in [0.05, 0.1) is 22.1 Å². The van der Waals surface area contributed by atoms with Gasteiger partial charge >= 0.3 is 5.97 Å². The maximum absolute atomic E-state index is 12.9. The normalized spacial score (nSPS) is 14.2. The summed E-state index contributed by atoms with van der Waals surface area (Å²) in [7, 11) is 0. The Hall–Kier alpha value is -3.08. The fourth-order valence-corrected chi connectivity index (χ4v) is 4.47. The van der Waals surface area contributed by atoms with Crippen LogP contribution in [-0.2, 0) is 14.3 Å². The summed E-state index contributed by atoms with van der Waals surface area (Å²) >= 11 is 10.2. The minimum Gasteiger partial charge on any atom is -0.489 e. The molecule has 36 heavy (non-hydrogen) atoms. The number of carbonyl (C=O) groups excluding carboxylic acids is 4. The van der Waals surface area contributed by atoms with Gasteiger partial charge in [-0.1, -0.05) is 47.1 Å². The molecule has 0 aliphatic carbocycles. The van der Waals surface area contributed by atoms with E-state index in [2.05, 4.69) is 27.8 Å². The van der Waals surface area contributed by atoms with E-state index in [9.17, 15) is 19.2 Å². The summed E-state index contributed by atoms with van der Waals surface area (Å²) in [6.45, 7) is 5.49. The lowest BCUT2D eigenvalue weighted by Crippen LogP contribution is -2.36. The van der Waals surface area contributed by atoms with E-state index in [4.69, 9.17) is 21.1 Å². The summed E-state index contributed by atoms with van der Waals surface area (Å²) < 4.78 is 11.5. The SMILES string of the molecule is C=CCOc1ccc(Br)cc1/C=C1/SC(=O)N(CC(=O)Nc2ccc(Cl)c(C(=O)OCCC)c2)C1=O. The van der Waals surface area contributed by atoms with E-state index in [1.165, 1.54) is 18.2 Å². The topological polar surface area (TPSA) is 102 Å². The van der Waals surface area contributed by atoms with Crippen LogP contribution in [0.25, 0.3) is 6.08 Å². The Labute approximate surface area is 225 Å². The number of esters is 1. The molecule has 1 fully saturated rings. The van der Waals surface area contributed by atoms with E-state index < -0.39 is 29.6 Å². The molecule has 0 unspecified atom stereocenters. The number of anilines is 1. The van der Waals surface area contributed by atoms with Crippen molar-refractivity contribution >= 4 is 74.1 Å². The number of carbonyl (C=O) groups is 4. The largest absolute Gasteiger partial charge is 0.489 e. The average Bonchev–Trinajstić information content (AvgIpc) is 3.10. The van der Waals surface area contributed by atoms with Crippen LogP contribution in [0.4, 0.5) is 10.5 Å². The van der Waals surface area contributed by atoms with E-state index in [0.29, 0.717) is 17.7 Å². The highest BCUT2D eigenvalue weighted by Crippen LogP contribution is 2.35. The van der Waals surface area contributed by atoms with Crippen molar-refractivity contribution in [1.82, 2.24) is 4.90 Å². The van der Waals surface area contributed by atoms with Crippen molar-refractivity contribution in [2.75, 3.05) is 25.1 Å². The predicted molar refractivity (Wildman–Crippen MR) is 143 cm³/mol. The third kappa shape index (κ3) is 6.99. The van der Waals surface area contributed by atoms with E-state index >= 15 is 0 Å². The fourth-order valence-electron chi connectivity index (χ4n) is 3.07. The second-order valence-corrected chi connectivity index (χ2v) is 9.74. The maximum Gasteiger partial charge on any atom is 0.339 e. The number of ether oxygens (including phenoxy) is 2. The molecule has 0 atom stereocenters. The van der Waals surface area contributed by atoms with Crippen LogP contribution in [0.15, 0.2) is 58.4 Å². The number of benzene rings is 2. The Morgan fingerprint density at radius 2 is 2.00 bits per heavy atom. The molecule has 0 bridgehead atoms. The Kier molecular flexibility index (Phi) is 9.74. The first kappa shape index (κ1) is 27.5. The molecule has 1 aliphatic rings. The molecule has 1 heterocycles. The Balaban J connectivity index is 1.72. The first-order valence-electron chi connectivity index (χ1n) is 10.8. The molecule has 0 saturated carbocycles. The van der Waals surface area contributed by atoms with Gasteiger partial charge in [0, 0.05) is 15.7 Å². The van der Waals surface area contributed by atoms with Crippen LogP contribution in [0.2, 0.25) is 5.02 Å². The van der Waals surface area contributed by atoms with E-state index in [1.54, 1.807) is 30.4 Å². The van der Waals surface area contributed by atoms with Gasteiger partial charge in [0.25, 0.3) is 11.1 Å². The van der Waals surface area contributed by atoms with Gasteiger partial charge in [0.2, 0.25) is 5.91 Å². The summed E-state index contributed by atoms with van der Waals surface area (Å²) in [6, 6.07) is 9.61. The highest BCUT2D eigenvalue weighted by molar-refractivity contribution is 9.10. The molecule has 2 aromatic carbocycles. The van der Waals surface area contributed by atoms with E-state index in [-0.39, 0.29) is 34.4 Å².